The zero-order valence-corrected chi connectivity index (χ0v) is 21.0. The average molecular weight is 502 g/mol. The minimum Gasteiger partial charge on any atom is -0.481 e. The summed E-state index contributed by atoms with van der Waals surface area (Å²) in [6, 6.07) is 13.2. The van der Waals surface area contributed by atoms with Crippen molar-refractivity contribution in [1.29, 1.82) is 0 Å². The topological polar surface area (TPSA) is 116 Å². The molecule has 9 heteroatoms. The third-order valence-electron chi connectivity index (χ3n) is 6.19. The van der Waals surface area contributed by atoms with Gasteiger partial charge in [-0.1, -0.05) is 38.7 Å². The predicted molar refractivity (Wildman–Crippen MR) is 138 cm³/mol. The normalized spacial score (nSPS) is 16.1. The Morgan fingerprint density at radius 2 is 1.83 bits per heavy atom. The number of nitrogens with zero attached hydrogens (tertiary/aromatic N) is 1. The summed E-state index contributed by atoms with van der Waals surface area (Å²) >= 11 is 0. The van der Waals surface area contributed by atoms with E-state index in [4.69, 9.17) is 0 Å². The lowest BCUT2D eigenvalue weighted by Gasteiger charge is -2.37. The molecule has 1 heterocycles. The van der Waals surface area contributed by atoms with Crippen LogP contribution in [0.1, 0.15) is 55.8 Å². The fourth-order valence-corrected chi connectivity index (χ4v) is 5.64. The molecule has 190 valence electrons. The van der Waals surface area contributed by atoms with Gasteiger partial charge in [0.25, 0.3) is 5.91 Å². The van der Waals surface area contributed by atoms with Crippen molar-refractivity contribution in [2.45, 2.75) is 56.4 Å². The highest BCUT2D eigenvalue weighted by Gasteiger charge is 2.25. The van der Waals surface area contributed by atoms with Gasteiger partial charge in [-0.3, -0.25) is 9.59 Å². The Labute approximate surface area is 207 Å². The van der Waals surface area contributed by atoms with E-state index in [0.717, 1.165) is 37.9 Å². The Balaban J connectivity index is 1.63. The molecule has 0 aromatic heterocycles. The number of unbranched alkanes of at least 4 members (excludes halogenated alkanes) is 4. The number of carbonyl (C=O) groups is 2. The van der Waals surface area contributed by atoms with Crippen molar-refractivity contribution in [3.05, 3.63) is 54.1 Å². The van der Waals surface area contributed by atoms with Crippen LogP contribution in [0.15, 0.2) is 53.4 Å². The summed E-state index contributed by atoms with van der Waals surface area (Å²) in [6.07, 6.45) is 4.86. The molecule has 1 aliphatic rings. The first-order valence-corrected chi connectivity index (χ1v) is 13.9. The van der Waals surface area contributed by atoms with Crippen LogP contribution in [0.2, 0.25) is 0 Å². The van der Waals surface area contributed by atoms with E-state index >= 15 is 0 Å². The smallest absolute Gasteiger partial charge is 0.305 e. The fraction of sp³-hybridized carbons (Fsp3) is 0.462. The largest absolute Gasteiger partial charge is 0.481 e. The number of anilines is 2. The van der Waals surface area contributed by atoms with E-state index in [2.05, 4.69) is 17.6 Å². The molecule has 0 spiro atoms. The second kappa shape index (κ2) is 12.7. The maximum Gasteiger partial charge on any atom is 0.305 e. The fourth-order valence-electron chi connectivity index (χ4n) is 4.27. The molecule has 1 fully saturated rings. The number of benzene rings is 2. The molecule has 3 N–H and O–H groups in total. The summed E-state index contributed by atoms with van der Waals surface area (Å²) in [7, 11) is -3.34. The number of piperazine rings is 1. The van der Waals surface area contributed by atoms with Gasteiger partial charge in [-0.15, -0.1) is 0 Å². The summed E-state index contributed by atoms with van der Waals surface area (Å²) in [5, 5.41) is 15.3. The molecule has 0 radical (unpaired) electrons. The number of aliphatic carboxylic acids is 1. The maximum atomic E-state index is 12.9. The number of carbonyl (C=O) groups excluding carboxylic acids is 1. The standard InChI is InChI=1S/C26H35N3O5S/c1-2-3-4-5-6-16-35(33,34)24-12-10-21(11-13-24)28-26(32)20-8-7-9-22(17-20)29-15-14-27-19-23(29)18-25(30)31/h7-13,17,23,27H,2-6,14-16,18-19H2,1H3,(H,28,32)(H,30,31)/t23-/m0/s1. The molecule has 1 aliphatic heterocycles. The van der Waals surface area contributed by atoms with E-state index in [9.17, 15) is 23.1 Å². The minimum atomic E-state index is -3.34. The molecule has 0 saturated carbocycles. The van der Waals surface area contributed by atoms with E-state index in [-0.39, 0.29) is 29.0 Å². The predicted octanol–water partition coefficient (Wildman–Crippen LogP) is 3.94. The molecular weight excluding hydrogens is 466 g/mol. The lowest BCUT2D eigenvalue weighted by atomic mass is 10.1. The highest BCUT2D eigenvalue weighted by atomic mass is 32.2. The zero-order valence-electron chi connectivity index (χ0n) is 20.2. The van der Waals surface area contributed by atoms with Gasteiger partial charge in [-0.25, -0.2) is 8.42 Å². The molecule has 1 amide bonds. The quantitative estimate of drug-likeness (QED) is 0.377. The van der Waals surface area contributed by atoms with Crippen LogP contribution >= 0.6 is 0 Å². The monoisotopic (exact) mass is 501 g/mol. The third-order valence-corrected chi connectivity index (χ3v) is 8.00. The van der Waals surface area contributed by atoms with Crippen LogP contribution in [0.25, 0.3) is 0 Å². The summed E-state index contributed by atoms with van der Waals surface area (Å²) in [5.74, 6) is -1.05. The molecule has 3 rings (SSSR count). The van der Waals surface area contributed by atoms with Crippen molar-refractivity contribution < 1.29 is 23.1 Å². The van der Waals surface area contributed by atoms with Crippen molar-refractivity contribution in [3.8, 4) is 0 Å². The Morgan fingerprint density at radius 3 is 2.54 bits per heavy atom. The second-order valence-electron chi connectivity index (χ2n) is 8.91. The lowest BCUT2D eigenvalue weighted by molar-refractivity contribution is -0.137. The van der Waals surface area contributed by atoms with Crippen molar-refractivity contribution in [2.24, 2.45) is 0 Å². The van der Waals surface area contributed by atoms with E-state index < -0.39 is 15.8 Å². The lowest BCUT2D eigenvalue weighted by Crippen LogP contribution is -2.52. The number of carboxylic acid groups (broad SMARTS) is 1. The summed E-state index contributed by atoms with van der Waals surface area (Å²) < 4.78 is 25.1. The van der Waals surface area contributed by atoms with Gasteiger partial charge < -0.3 is 20.6 Å². The van der Waals surface area contributed by atoms with Crippen LogP contribution in [0.4, 0.5) is 11.4 Å². The van der Waals surface area contributed by atoms with E-state index in [1.54, 1.807) is 30.3 Å². The van der Waals surface area contributed by atoms with Gasteiger partial charge in [-0.2, -0.15) is 0 Å². The SMILES string of the molecule is CCCCCCCS(=O)(=O)c1ccc(NC(=O)c2cccc(N3CCNC[C@@H]3CC(=O)O)c2)cc1. The number of hydrogen-bond acceptors (Lipinski definition) is 6. The van der Waals surface area contributed by atoms with Gasteiger partial charge in [-0.05, 0) is 48.9 Å². The van der Waals surface area contributed by atoms with Gasteiger partial charge in [0.05, 0.1) is 23.1 Å². The first kappa shape index (κ1) is 26.7. The molecular formula is C26H35N3O5S. The van der Waals surface area contributed by atoms with Gasteiger partial charge in [0, 0.05) is 36.6 Å². The number of hydrogen-bond donors (Lipinski definition) is 3. The first-order valence-electron chi connectivity index (χ1n) is 12.2. The molecule has 8 nitrogen and oxygen atoms in total. The van der Waals surface area contributed by atoms with Crippen molar-refractivity contribution in [3.63, 3.8) is 0 Å². The Kier molecular flexibility index (Phi) is 9.68. The van der Waals surface area contributed by atoms with Gasteiger partial charge in [0.2, 0.25) is 0 Å². The van der Waals surface area contributed by atoms with E-state index in [0.29, 0.717) is 30.8 Å². The number of carboxylic acids is 1. The van der Waals surface area contributed by atoms with Crippen molar-refractivity contribution in [2.75, 3.05) is 35.6 Å². The van der Waals surface area contributed by atoms with Gasteiger partial charge in [0.1, 0.15) is 0 Å². The molecule has 2 aromatic rings. The summed E-state index contributed by atoms with van der Waals surface area (Å²) in [5.41, 5.74) is 1.75. The molecule has 35 heavy (non-hydrogen) atoms. The highest BCUT2D eigenvalue weighted by molar-refractivity contribution is 7.91. The van der Waals surface area contributed by atoms with Crippen LogP contribution < -0.4 is 15.5 Å². The first-order chi connectivity index (χ1) is 16.8. The number of amides is 1. The zero-order chi connectivity index (χ0) is 25.3. The number of sulfone groups is 1. The van der Waals surface area contributed by atoms with Crippen LogP contribution in [0.3, 0.4) is 0 Å². The van der Waals surface area contributed by atoms with E-state index in [1.165, 1.54) is 12.1 Å². The van der Waals surface area contributed by atoms with Crippen molar-refractivity contribution in [1.82, 2.24) is 5.32 Å². The maximum absolute atomic E-state index is 12.9. The summed E-state index contributed by atoms with van der Waals surface area (Å²) in [6.45, 7) is 4.08. The minimum absolute atomic E-state index is 0.0113. The van der Waals surface area contributed by atoms with Gasteiger partial charge in [0.15, 0.2) is 9.84 Å². The molecule has 0 unspecified atom stereocenters. The second-order valence-corrected chi connectivity index (χ2v) is 11.0. The Hall–Kier alpha value is -2.91. The molecule has 0 aliphatic carbocycles. The molecule has 0 bridgehead atoms. The van der Waals surface area contributed by atoms with Gasteiger partial charge >= 0.3 is 5.97 Å². The molecule has 1 saturated heterocycles. The van der Waals surface area contributed by atoms with Crippen LogP contribution in [0, 0.1) is 0 Å². The van der Waals surface area contributed by atoms with Crippen LogP contribution in [-0.2, 0) is 14.6 Å². The highest BCUT2D eigenvalue weighted by Crippen LogP contribution is 2.23. The Morgan fingerprint density at radius 1 is 1.09 bits per heavy atom. The van der Waals surface area contributed by atoms with E-state index in [1.807, 2.05) is 11.0 Å². The van der Waals surface area contributed by atoms with Crippen molar-refractivity contribution >= 4 is 33.1 Å². The Bertz CT molecular complexity index is 1100. The number of rotatable bonds is 12. The summed E-state index contributed by atoms with van der Waals surface area (Å²) in [4.78, 5) is 26.4. The molecule has 2 aromatic carbocycles. The third kappa shape index (κ3) is 7.80. The van der Waals surface area contributed by atoms with Crippen LogP contribution in [-0.4, -0.2) is 56.8 Å². The van der Waals surface area contributed by atoms with Crippen LogP contribution in [0.5, 0.6) is 0 Å². The average Bonchev–Trinajstić information content (AvgIpc) is 2.84. The number of nitrogens with one attached hydrogen (secondary N) is 2. The molecule has 1 atom stereocenters.